The lowest BCUT2D eigenvalue weighted by atomic mass is 9.71. The smallest absolute Gasteiger partial charge is 0.0772 e. The second-order valence-corrected chi connectivity index (χ2v) is 6.94. The van der Waals surface area contributed by atoms with Gasteiger partial charge >= 0.3 is 0 Å². The van der Waals surface area contributed by atoms with Crippen LogP contribution in [0.5, 0.6) is 0 Å². The zero-order valence-electron chi connectivity index (χ0n) is 12.3. The third-order valence-corrected chi connectivity index (χ3v) is 4.78. The summed E-state index contributed by atoms with van der Waals surface area (Å²) in [6.45, 7) is 12.1. The molecule has 0 aromatic heterocycles. The van der Waals surface area contributed by atoms with Gasteiger partial charge in [0, 0.05) is 12.6 Å². The molecule has 2 atom stereocenters. The Hall–Kier alpha value is -0.0800. The van der Waals surface area contributed by atoms with Crippen LogP contribution in [0.2, 0.25) is 0 Å². The second-order valence-electron chi connectivity index (χ2n) is 6.94. The molecule has 0 amide bonds. The minimum atomic E-state index is -0.461. The van der Waals surface area contributed by atoms with Crippen LogP contribution in [0.1, 0.15) is 66.7 Å². The molecule has 0 aromatic carbocycles. The van der Waals surface area contributed by atoms with E-state index in [-0.39, 0.29) is 0 Å². The molecule has 17 heavy (non-hydrogen) atoms. The molecule has 0 saturated heterocycles. The number of nitrogens with one attached hydrogen (secondary N) is 1. The van der Waals surface area contributed by atoms with Crippen molar-refractivity contribution in [2.24, 2.45) is 11.3 Å². The molecule has 2 nitrogen and oxygen atoms in total. The summed E-state index contributed by atoms with van der Waals surface area (Å²) in [7, 11) is 0. The third-order valence-electron chi connectivity index (χ3n) is 4.78. The van der Waals surface area contributed by atoms with Gasteiger partial charge in [0.15, 0.2) is 0 Å². The van der Waals surface area contributed by atoms with Crippen molar-refractivity contribution in [2.75, 3.05) is 6.54 Å². The van der Waals surface area contributed by atoms with E-state index in [4.69, 9.17) is 0 Å². The Kier molecular flexibility index (Phi) is 5.03. The topological polar surface area (TPSA) is 32.3 Å². The van der Waals surface area contributed by atoms with Crippen LogP contribution in [0.4, 0.5) is 0 Å². The Bertz CT molecular complexity index is 227. The number of aliphatic hydroxyl groups is 1. The van der Waals surface area contributed by atoms with Crippen molar-refractivity contribution in [3.8, 4) is 0 Å². The van der Waals surface area contributed by atoms with Crippen molar-refractivity contribution in [3.05, 3.63) is 0 Å². The van der Waals surface area contributed by atoms with Crippen LogP contribution in [-0.2, 0) is 0 Å². The molecule has 1 aliphatic carbocycles. The standard InChI is InChI=1S/C15H31NO/c1-6-12(2)13(3)16-11-15(17)9-7-14(4,5)8-10-15/h12-13,16-17H,6-11H2,1-5H3. The van der Waals surface area contributed by atoms with Gasteiger partial charge in [0.2, 0.25) is 0 Å². The second kappa shape index (κ2) is 5.71. The highest BCUT2D eigenvalue weighted by Crippen LogP contribution is 2.39. The first kappa shape index (κ1) is 15.0. The molecule has 0 radical (unpaired) electrons. The van der Waals surface area contributed by atoms with Gasteiger partial charge in [0.1, 0.15) is 0 Å². The molecule has 0 aliphatic heterocycles. The van der Waals surface area contributed by atoms with Gasteiger partial charge in [-0.2, -0.15) is 0 Å². The summed E-state index contributed by atoms with van der Waals surface area (Å²) in [6.07, 6.45) is 5.37. The van der Waals surface area contributed by atoms with E-state index in [0.29, 0.717) is 17.4 Å². The van der Waals surface area contributed by atoms with Crippen LogP contribution in [0, 0.1) is 11.3 Å². The number of hydrogen-bond acceptors (Lipinski definition) is 2. The molecule has 0 bridgehead atoms. The highest BCUT2D eigenvalue weighted by Gasteiger charge is 2.36. The molecule has 2 unspecified atom stereocenters. The summed E-state index contributed by atoms with van der Waals surface area (Å²) in [5.74, 6) is 0.679. The predicted molar refractivity (Wildman–Crippen MR) is 74.1 cm³/mol. The van der Waals surface area contributed by atoms with E-state index < -0.39 is 5.60 Å². The maximum atomic E-state index is 10.5. The summed E-state index contributed by atoms with van der Waals surface area (Å²) < 4.78 is 0. The zero-order chi connectivity index (χ0) is 13.1. The highest BCUT2D eigenvalue weighted by atomic mass is 16.3. The van der Waals surface area contributed by atoms with Crippen LogP contribution in [0.25, 0.3) is 0 Å². The summed E-state index contributed by atoms with van der Waals surface area (Å²) in [6, 6.07) is 0.499. The molecule has 0 spiro atoms. The highest BCUT2D eigenvalue weighted by molar-refractivity contribution is 4.91. The van der Waals surface area contributed by atoms with E-state index in [1.807, 2.05) is 0 Å². The van der Waals surface area contributed by atoms with Gasteiger partial charge in [0.05, 0.1) is 5.60 Å². The van der Waals surface area contributed by atoms with Crippen LogP contribution in [0.3, 0.4) is 0 Å². The van der Waals surface area contributed by atoms with E-state index in [9.17, 15) is 5.11 Å². The maximum Gasteiger partial charge on any atom is 0.0772 e. The Morgan fingerprint density at radius 1 is 1.12 bits per heavy atom. The van der Waals surface area contributed by atoms with Crippen molar-refractivity contribution in [3.63, 3.8) is 0 Å². The lowest BCUT2D eigenvalue weighted by Crippen LogP contribution is -2.48. The van der Waals surface area contributed by atoms with Crippen molar-refractivity contribution < 1.29 is 5.11 Å². The van der Waals surface area contributed by atoms with Gasteiger partial charge in [0.25, 0.3) is 0 Å². The van der Waals surface area contributed by atoms with E-state index >= 15 is 0 Å². The first-order chi connectivity index (χ1) is 7.78. The lowest BCUT2D eigenvalue weighted by molar-refractivity contribution is -0.0267. The molecule has 1 aliphatic rings. The first-order valence-corrected chi connectivity index (χ1v) is 7.24. The molecule has 1 rings (SSSR count). The lowest BCUT2D eigenvalue weighted by Gasteiger charge is -2.41. The minimum absolute atomic E-state index is 0.425. The van der Waals surface area contributed by atoms with Crippen molar-refractivity contribution in [1.29, 1.82) is 0 Å². The van der Waals surface area contributed by atoms with Crippen molar-refractivity contribution in [1.82, 2.24) is 5.32 Å². The summed E-state index contributed by atoms with van der Waals surface area (Å²) in [5.41, 5.74) is -0.0359. The SMILES string of the molecule is CCC(C)C(C)NCC1(O)CCC(C)(C)CC1. The molecule has 1 fully saturated rings. The molecule has 0 aromatic rings. The maximum absolute atomic E-state index is 10.5. The number of rotatable bonds is 5. The molecule has 102 valence electrons. The molecule has 1 saturated carbocycles. The molecule has 0 heterocycles. The van der Waals surface area contributed by atoms with E-state index in [1.165, 1.54) is 6.42 Å². The van der Waals surface area contributed by atoms with Gasteiger partial charge in [-0.05, 0) is 43.9 Å². The fourth-order valence-electron chi connectivity index (χ4n) is 2.47. The Morgan fingerprint density at radius 2 is 1.65 bits per heavy atom. The van der Waals surface area contributed by atoms with E-state index in [1.54, 1.807) is 0 Å². The van der Waals surface area contributed by atoms with E-state index in [2.05, 4.69) is 39.9 Å². The largest absolute Gasteiger partial charge is 0.389 e. The Balaban J connectivity index is 2.36. The predicted octanol–water partition coefficient (Wildman–Crippen LogP) is 3.34. The summed E-state index contributed by atoms with van der Waals surface area (Å²) in [5, 5.41) is 14.1. The fraction of sp³-hybridized carbons (Fsp3) is 1.00. The average Bonchev–Trinajstić information content (AvgIpc) is 2.30. The molecular formula is C15H31NO. The Morgan fingerprint density at radius 3 is 2.12 bits per heavy atom. The first-order valence-electron chi connectivity index (χ1n) is 7.24. The summed E-state index contributed by atoms with van der Waals surface area (Å²) >= 11 is 0. The van der Waals surface area contributed by atoms with Crippen molar-refractivity contribution >= 4 is 0 Å². The molecule has 2 N–H and O–H groups in total. The summed E-state index contributed by atoms with van der Waals surface area (Å²) in [4.78, 5) is 0. The molecular weight excluding hydrogens is 210 g/mol. The zero-order valence-corrected chi connectivity index (χ0v) is 12.3. The fourth-order valence-corrected chi connectivity index (χ4v) is 2.47. The monoisotopic (exact) mass is 241 g/mol. The van der Waals surface area contributed by atoms with Gasteiger partial charge in [-0.1, -0.05) is 34.1 Å². The van der Waals surface area contributed by atoms with Crippen molar-refractivity contribution in [2.45, 2.75) is 78.4 Å². The number of hydrogen-bond donors (Lipinski definition) is 2. The van der Waals surface area contributed by atoms with Crippen LogP contribution in [0.15, 0.2) is 0 Å². The normalized spacial score (nSPS) is 26.5. The van der Waals surface area contributed by atoms with Gasteiger partial charge in [-0.3, -0.25) is 0 Å². The Labute approximate surface area is 107 Å². The average molecular weight is 241 g/mol. The van der Waals surface area contributed by atoms with Crippen LogP contribution in [-0.4, -0.2) is 23.3 Å². The minimum Gasteiger partial charge on any atom is -0.389 e. The van der Waals surface area contributed by atoms with Gasteiger partial charge < -0.3 is 10.4 Å². The van der Waals surface area contributed by atoms with Gasteiger partial charge in [-0.15, -0.1) is 0 Å². The van der Waals surface area contributed by atoms with Crippen LogP contribution < -0.4 is 5.32 Å². The van der Waals surface area contributed by atoms with Crippen LogP contribution >= 0.6 is 0 Å². The third kappa shape index (κ3) is 4.59. The quantitative estimate of drug-likeness (QED) is 0.773. The molecule has 2 heteroatoms. The van der Waals surface area contributed by atoms with E-state index in [0.717, 1.165) is 32.2 Å². The van der Waals surface area contributed by atoms with Gasteiger partial charge in [-0.25, -0.2) is 0 Å².